The van der Waals surface area contributed by atoms with Crippen LogP contribution in [-0.4, -0.2) is 57.6 Å². The Kier molecular flexibility index (Phi) is 9.66. The van der Waals surface area contributed by atoms with E-state index < -0.39 is 23.8 Å². The summed E-state index contributed by atoms with van der Waals surface area (Å²) in [6, 6.07) is 17.2. The van der Waals surface area contributed by atoms with Crippen molar-refractivity contribution in [1.29, 1.82) is 0 Å². The molecule has 1 heterocycles. The van der Waals surface area contributed by atoms with Gasteiger partial charge in [0.1, 0.15) is 5.82 Å². The lowest BCUT2D eigenvalue weighted by Gasteiger charge is -2.38. The number of hydrogen-bond donors (Lipinski definition) is 3. The standard InChI is InChI=1S/C29H29Cl2FN6O4/c1-29(2)26(38(42)27(40)34-23-8-3-6-20(30)16-23)37(24-9-4-7-21(31)17-24)28(41)36(29)15-5-10-25(39)35-33-18-19-11-13-22(32)14-12-19/h3-4,6-9,11-14,16-18,26,42H,5,10,15H2,1-2H3,(H,34,40)(H,35,39). The average Bonchev–Trinajstić information content (AvgIpc) is 3.14. The first kappa shape index (κ1) is 30.8. The molecule has 5 amide bonds. The minimum atomic E-state index is -1.17. The summed E-state index contributed by atoms with van der Waals surface area (Å²) in [5, 5.41) is 18.9. The van der Waals surface area contributed by atoms with E-state index >= 15 is 0 Å². The van der Waals surface area contributed by atoms with Crippen LogP contribution in [0.25, 0.3) is 0 Å². The Hall–Kier alpha value is -4.19. The van der Waals surface area contributed by atoms with Gasteiger partial charge in [0.2, 0.25) is 5.91 Å². The first-order valence-corrected chi connectivity index (χ1v) is 13.7. The Labute approximate surface area is 252 Å². The van der Waals surface area contributed by atoms with Crippen molar-refractivity contribution in [1.82, 2.24) is 15.4 Å². The molecule has 1 fully saturated rings. The predicted molar refractivity (Wildman–Crippen MR) is 159 cm³/mol. The van der Waals surface area contributed by atoms with Crippen molar-refractivity contribution in [2.24, 2.45) is 5.10 Å². The minimum absolute atomic E-state index is 0.0422. The molecule has 0 bridgehead atoms. The van der Waals surface area contributed by atoms with Crippen LogP contribution in [0.4, 0.5) is 25.4 Å². The zero-order valence-corrected chi connectivity index (χ0v) is 24.3. The number of hydroxylamine groups is 2. The van der Waals surface area contributed by atoms with Crippen molar-refractivity contribution in [3.8, 4) is 0 Å². The van der Waals surface area contributed by atoms with Crippen molar-refractivity contribution in [3.63, 3.8) is 0 Å². The van der Waals surface area contributed by atoms with E-state index in [1.54, 1.807) is 56.3 Å². The van der Waals surface area contributed by atoms with Gasteiger partial charge < -0.3 is 10.2 Å². The number of benzene rings is 3. The van der Waals surface area contributed by atoms with Gasteiger partial charge in [-0.25, -0.2) is 19.4 Å². The molecule has 0 radical (unpaired) electrons. The smallest absolute Gasteiger partial charge is 0.315 e. The van der Waals surface area contributed by atoms with Crippen molar-refractivity contribution in [3.05, 3.63) is 94.2 Å². The summed E-state index contributed by atoms with van der Waals surface area (Å²) in [6.07, 6.45) is 0.531. The number of rotatable bonds is 9. The second-order valence-corrected chi connectivity index (χ2v) is 10.9. The summed E-state index contributed by atoms with van der Waals surface area (Å²) in [5.41, 5.74) is 2.63. The molecule has 1 saturated heterocycles. The zero-order valence-electron chi connectivity index (χ0n) is 22.8. The van der Waals surface area contributed by atoms with Crippen LogP contribution in [0.1, 0.15) is 32.3 Å². The van der Waals surface area contributed by atoms with Crippen LogP contribution < -0.4 is 15.6 Å². The summed E-state index contributed by atoms with van der Waals surface area (Å²) < 4.78 is 13.0. The van der Waals surface area contributed by atoms with E-state index in [9.17, 15) is 24.0 Å². The fourth-order valence-electron chi connectivity index (χ4n) is 4.65. The lowest BCUT2D eigenvalue weighted by Crippen LogP contribution is -2.58. The van der Waals surface area contributed by atoms with Gasteiger partial charge in [0.15, 0.2) is 6.17 Å². The topological polar surface area (TPSA) is 118 Å². The Bertz CT molecular complexity index is 1490. The summed E-state index contributed by atoms with van der Waals surface area (Å²) >= 11 is 12.2. The van der Waals surface area contributed by atoms with E-state index in [-0.39, 0.29) is 31.1 Å². The Morgan fingerprint density at radius 1 is 1.07 bits per heavy atom. The van der Waals surface area contributed by atoms with Gasteiger partial charge in [0.25, 0.3) is 0 Å². The van der Waals surface area contributed by atoms with Crippen molar-refractivity contribution >= 4 is 58.8 Å². The SMILES string of the molecule is CC1(C)C(N(O)C(=O)Nc2cccc(Cl)c2)N(c2cccc(Cl)c2)C(=O)N1CCCC(=O)NN=Cc1ccc(F)cc1. The molecule has 220 valence electrons. The first-order valence-electron chi connectivity index (χ1n) is 13.0. The number of urea groups is 2. The van der Waals surface area contributed by atoms with E-state index in [1.807, 2.05) is 0 Å². The molecule has 3 aromatic carbocycles. The van der Waals surface area contributed by atoms with Gasteiger partial charge in [0, 0.05) is 34.4 Å². The number of carbonyl (C=O) groups excluding carboxylic acids is 3. The third kappa shape index (κ3) is 7.17. The molecule has 1 aliphatic rings. The van der Waals surface area contributed by atoms with Gasteiger partial charge in [0.05, 0.1) is 11.8 Å². The largest absolute Gasteiger partial charge is 0.347 e. The monoisotopic (exact) mass is 614 g/mol. The molecule has 13 heteroatoms. The Morgan fingerprint density at radius 3 is 2.40 bits per heavy atom. The Balaban J connectivity index is 1.48. The number of hydrogen-bond acceptors (Lipinski definition) is 5. The first-order chi connectivity index (χ1) is 20.0. The van der Waals surface area contributed by atoms with Crippen LogP contribution in [0.2, 0.25) is 10.0 Å². The molecule has 4 rings (SSSR count). The highest BCUT2D eigenvalue weighted by atomic mass is 35.5. The molecule has 3 N–H and O–H groups in total. The van der Waals surface area contributed by atoms with Gasteiger partial charge in [-0.3, -0.25) is 14.9 Å². The summed E-state index contributed by atoms with van der Waals surface area (Å²) in [7, 11) is 0. The highest BCUT2D eigenvalue weighted by Gasteiger charge is 2.55. The van der Waals surface area contributed by atoms with E-state index in [4.69, 9.17) is 23.2 Å². The lowest BCUT2D eigenvalue weighted by molar-refractivity contribution is -0.121. The number of amides is 5. The summed E-state index contributed by atoms with van der Waals surface area (Å²) in [5.74, 6) is -0.761. The summed E-state index contributed by atoms with van der Waals surface area (Å²) in [4.78, 5) is 42.0. The third-order valence-corrected chi connectivity index (χ3v) is 7.14. The van der Waals surface area contributed by atoms with E-state index in [2.05, 4.69) is 15.8 Å². The summed E-state index contributed by atoms with van der Waals surface area (Å²) in [6.45, 7) is 3.56. The molecule has 0 aromatic heterocycles. The van der Waals surface area contributed by atoms with E-state index in [1.165, 1.54) is 46.3 Å². The predicted octanol–water partition coefficient (Wildman–Crippen LogP) is 6.33. The number of halogens is 3. The van der Waals surface area contributed by atoms with Gasteiger partial charge in [-0.2, -0.15) is 10.2 Å². The minimum Gasteiger partial charge on any atom is -0.315 e. The molecule has 0 saturated carbocycles. The zero-order chi connectivity index (χ0) is 30.4. The van der Waals surface area contributed by atoms with Crippen LogP contribution in [0.5, 0.6) is 0 Å². The molecule has 1 atom stereocenters. The molecule has 3 aromatic rings. The molecule has 0 aliphatic carbocycles. The number of nitrogens with one attached hydrogen (secondary N) is 2. The fourth-order valence-corrected chi connectivity index (χ4v) is 5.02. The molecule has 10 nitrogen and oxygen atoms in total. The van der Waals surface area contributed by atoms with Crippen LogP contribution in [0.15, 0.2) is 77.9 Å². The molecule has 42 heavy (non-hydrogen) atoms. The molecular weight excluding hydrogens is 586 g/mol. The molecular formula is C29H29Cl2FN6O4. The van der Waals surface area contributed by atoms with Crippen molar-refractivity contribution in [2.75, 3.05) is 16.8 Å². The van der Waals surface area contributed by atoms with E-state index in [0.717, 1.165) is 0 Å². The molecule has 1 aliphatic heterocycles. The van der Waals surface area contributed by atoms with Crippen LogP contribution >= 0.6 is 23.2 Å². The average molecular weight is 615 g/mol. The van der Waals surface area contributed by atoms with Gasteiger partial charge in [-0.05, 0) is 74.4 Å². The maximum absolute atomic E-state index is 13.8. The second kappa shape index (κ2) is 13.2. The van der Waals surface area contributed by atoms with Crippen LogP contribution in [0.3, 0.4) is 0 Å². The van der Waals surface area contributed by atoms with E-state index in [0.29, 0.717) is 32.0 Å². The molecule has 0 spiro atoms. The van der Waals surface area contributed by atoms with Gasteiger partial charge in [-0.15, -0.1) is 0 Å². The number of carbonyl (C=O) groups is 3. The van der Waals surface area contributed by atoms with Crippen molar-refractivity contribution in [2.45, 2.75) is 38.4 Å². The quantitative estimate of drug-likeness (QED) is 0.148. The van der Waals surface area contributed by atoms with Crippen molar-refractivity contribution < 1.29 is 24.0 Å². The number of nitrogens with zero attached hydrogens (tertiary/aromatic N) is 4. The number of hydrazone groups is 1. The van der Waals surface area contributed by atoms with Gasteiger partial charge >= 0.3 is 12.1 Å². The number of anilines is 2. The molecule has 1 unspecified atom stereocenters. The fraction of sp³-hybridized carbons (Fsp3) is 0.241. The lowest BCUT2D eigenvalue weighted by atomic mass is 9.99. The third-order valence-electron chi connectivity index (χ3n) is 6.67. The van der Waals surface area contributed by atoms with Gasteiger partial charge in [-0.1, -0.05) is 47.5 Å². The highest BCUT2D eigenvalue weighted by Crippen LogP contribution is 2.38. The highest BCUT2D eigenvalue weighted by molar-refractivity contribution is 6.31. The maximum atomic E-state index is 13.8. The normalized spacial score (nSPS) is 16.1. The van der Waals surface area contributed by atoms with Crippen LogP contribution in [0, 0.1) is 5.82 Å². The maximum Gasteiger partial charge on any atom is 0.347 e. The Morgan fingerprint density at radius 2 is 1.74 bits per heavy atom. The van der Waals surface area contributed by atoms with Crippen LogP contribution in [-0.2, 0) is 4.79 Å². The second-order valence-electron chi connectivity index (χ2n) is 10.0.